The van der Waals surface area contributed by atoms with Crippen LogP contribution in [-0.4, -0.2) is 16.2 Å². The average Bonchev–Trinajstić information content (AvgIpc) is 3.83. The molecule has 0 bridgehead atoms. The minimum absolute atomic E-state index is 0.00202. The second-order valence-electron chi connectivity index (χ2n) is 14.6. The van der Waals surface area contributed by atoms with Crippen molar-refractivity contribution >= 4 is 66.5 Å². The summed E-state index contributed by atoms with van der Waals surface area (Å²) in [7, 11) is 0. The van der Waals surface area contributed by atoms with Crippen molar-refractivity contribution in [2.24, 2.45) is 0 Å². The molecule has 4 heterocycles. The van der Waals surface area contributed by atoms with Crippen LogP contribution in [0.2, 0.25) is 0 Å². The van der Waals surface area contributed by atoms with E-state index < -0.39 is 0 Å². The van der Waals surface area contributed by atoms with Gasteiger partial charge in [0.15, 0.2) is 0 Å². The Morgan fingerprint density at radius 2 is 1.27 bits per heavy atom. The molecule has 0 fully saturated rings. The molecule has 6 nitrogen and oxygen atoms in total. The van der Waals surface area contributed by atoms with E-state index in [2.05, 4.69) is 163 Å². The lowest BCUT2D eigenvalue weighted by Crippen LogP contribution is -2.23. The van der Waals surface area contributed by atoms with Gasteiger partial charge in [0.2, 0.25) is 0 Å². The van der Waals surface area contributed by atoms with E-state index in [1.165, 1.54) is 10.9 Å². The standard InChI is InChI=1S/C46H36N4O2/c1-46(2,3)30-22-23-47-45(24-30)50-39-18-9-7-16-35(39)36-21-20-34(26-40(36)50)51-33-15-11-14-32(25-33)49-29-48(31-12-5-4-6-13-31)42-28-44-38(27-41(42)49)37-17-8-10-19-43(37)52-44/h4-28H,29H2,1-3H3. The quantitative estimate of drug-likeness (QED) is 0.182. The maximum absolute atomic E-state index is 6.68. The topological polar surface area (TPSA) is 46.7 Å². The number of ether oxygens (including phenoxy) is 1. The molecule has 52 heavy (non-hydrogen) atoms. The Bertz CT molecular complexity index is 2810. The van der Waals surface area contributed by atoms with E-state index in [0.29, 0.717) is 6.67 Å². The molecule has 0 spiro atoms. The van der Waals surface area contributed by atoms with Crippen molar-refractivity contribution in [2.45, 2.75) is 26.2 Å². The molecule has 3 aromatic heterocycles. The predicted octanol–water partition coefficient (Wildman–Crippen LogP) is 12.4. The summed E-state index contributed by atoms with van der Waals surface area (Å²) in [5, 5.41) is 4.56. The first-order valence-corrected chi connectivity index (χ1v) is 17.7. The molecule has 0 amide bonds. The van der Waals surface area contributed by atoms with E-state index in [4.69, 9.17) is 14.1 Å². The number of furan rings is 1. The number of rotatable bonds is 5. The maximum Gasteiger partial charge on any atom is 0.137 e. The highest BCUT2D eigenvalue weighted by atomic mass is 16.5. The molecule has 10 rings (SSSR count). The van der Waals surface area contributed by atoms with E-state index in [9.17, 15) is 0 Å². The average molecular weight is 677 g/mol. The van der Waals surface area contributed by atoms with Crippen molar-refractivity contribution in [3.63, 3.8) is 0 Å². The first-order valence-electron chi connectivity index (χ1n) is 17.7. The van der Waals surface area contributed by atoms with Gasteiger partial charge < -0.3 is 19.0 Å². The number of fused-ring (bicyclic) bond motifs is 7. The number of anilines is 4. The van der Waals surface area contributed by atoms with Gasteiger partial charge in [0.1, 0.15) is 35.2 Å². The molecule has 1 aliphatic heterocycles. The SMILES string of the molecule is CC(C)(C)c1ccnc(-n2c3ccccc3c3ccc(Oc4cccc(N5CN(c6ccccc6)c6cc7oc8ccccc8c7cc65)c4)cc32)c1. The minimum Gasteiger partial charge on any atom is -0.457 e. The molecule has 1 aliphatic rings. The Labute approximate surface area is 301 Å². The monoisotopic (exact) mass is 676 g/mol. The second-order valence-corrected chi connectivity index (χ2v) is 14.6. The molecule has 0 N–H and O–H groups in total. The largest absolute Gasteiger partial charge is 0.457 e. The van der Waals surface area contributed by atoms with Gasteiger partial charge in [-0.15, -0.1) is 0 Å². The van der Waals surface area contributed by atoms with Crippen LogP contribution in [0.4, 0.5) is 22.7 Å². The molecule has 0 radical (unpaired) electrons. The second kappa shape index (κ2) is 11.5. The molecule has 0 saturated carbocycles. The number of hydrogen-bond acceptors (Lipinski definition) is 5. The molecular weight excluding hydrogens is 641 g/mol. The summed E-state index contributed by atoms with van der Waals surface area (Å²) in [6.45, 7) is 7.36. The summed E-state index contributed by atoms with van der Waals surface area (Å²) >= 11 is 0. The fraction of sp³-hybridized carbons (Fsp3) is 0.109. The minimum atomic E-state index is 0.00202. The molecule has 0 unspecified atom stereocenters. The van der Waals surface area contributed by atoms with Crippen molar-refractivity contribution in [2.75, 3.05) is 16.5 Å². The van der Waals surface area contributed by atoms with Crippen LogP contribution < -0.4 is 14.5 Å². The predicted molar refractivity (Wildman–Crippen MR) is 213 cm³/mol. The van der Waals surface area contributed by atoms with Crippen LogP contribution in [0.1, 0.15) is 26.3 Å². The lowest BCUT2D eigenvalue weighted by molar-refractivity contribution is 0.483. The summed E-state index contributed by atoms with van der Waals surface area (Å²) < 4.78 is 15.3. The van der Waals surface area contributed by atoms with Gasteiger partial charge in [0, 0.05) is 57.3 Å². The molecule has 9 aromatic rings. The van der Waals surface area contributed by atoms with Crippen molar-refractivity contribution < 1.29 is 9.15 Å². The third kappa shape index (κ3) is 4.90. The van der Waals surface area contributed by atoms with Crippen molar-refractivity contribution in [3.8, 4) is 17.3 Å². The first kappa shape index (κ1) is 30.3. The molecule has 0 saturated heterocycles. The molecule has 6 heteroatoms. The van der Waals surface area contributed by atoms with E-state index in [1.807, 2.05) is 24.4 Å². The Kier molecular flexibility index (Phi) is 6.70. The third-order valence-electron chi connectivity index (χ3n) is 10.3. The van der Waals surface area contributed by atoms with Crippen LogP contribution in [0.5, 0.6) is 11.5 Å². The molecule has 0 atom stereocenters. The molecular formula is C46H36N4O2. The zero-order chi connectivity index (χ0) is 35.0. The summed E-state index contributed by atoms with van der Waals surface area (Å²) in [6.07, 6.45) is 1.91. The van der Waals surface area contributed by atoms with Crippen LogP contribution in [0.15, 0.2) is 156 Å². The van der Waals surface area contributed by atoms with Crippen molar-refractivity contribution in [3.05, 3.63) is 157 Å². The van der Waals surface area contributed by atoms with Crippen molar-refractivity contribution in [1.82, 2.24) is 9.55 Å². The van der Waals surface area contributed by atoms with Gasteiger partial charge >= 0.3 is 0 Å². The fourth-order valence-corrected chi connectivity index (χ4v) is 7.64. The summed E-state index contributed by atoms with van der Waals surface area (Å²) in [5.41, 5.74) is 9.58. The number of para-hydroxylation sites is 3. The van der Waals surface area contributed by atoms with Gasteiger partial charge in [0.25, 0.3) is 0 Å². The third-order valence-corrected chi connectivity index (χ3v) is 10.3. The first-order chi connectivity index (χ1) is 25.4. The molecule has 6 aromatic carbocycles. The Balaban J connectivity index is 1.05. The van der Waals surface area contributed by atoms with Gasteiger partial charge in [-0.25, -0.2) is 4.98 Å². The maximum atomic E-state index is 6.68. The highest BCUT2D eigenvalue weighted by Crippen LogP contribution is 2.48. The number of benzene rings is 6. The number of nitrogens with zero attached hydrogens (tertiary/aromatic N) is 4. The lowest BCUT2D eigenvalue weighted by Gasteiger charge is -2.22. The molecule has 252 valence electrons. The zero-order valence-corrected chi connectivity index (χ0v) is 29.2. The van der Waals surface area contributed by atoms with Crippen LogP contribution in [-0.2, 0) is 5.41 Å². The summed E-state index contributed by atoms with van der Waals surface area (Å²) in [4.78, 5) is 9.54. The summed E-state index contributed by atoms with van der Waals surface area (Å²) in [5.74, 6) is 2.43. The van der Waals surface area contributed by atoms with E-state index in [1.54, 1.807) is 0 Å². The zero-order valence-electron chi connectivity index (χ0n) is 29.2. The number of hydrogen-bond donors (Lipinski definition) is 0. The van der Waals surface area contributed by atoms with Gasteiger partial charge in [-0.2, -0.15) is 0 Å². The van der Waals surface area contributed by atoms with Crippen molar-refractivity contribution in [1.29, 1.82) is 0 Å². The van der Waals surface area contributed by atoms with Crippen LogP contribution in [0, 0.1) is 0 Å². The molecule has 0 aliphatic carbocycles. The number of aromatic nitrogens is 2. The highest BCUT2D eigenvalue weighted by Gasteiger charge is 2.30. The van der Waals surface area contributed by atoms with Crippen LogP contribution >= 0.6 is 0 Å². The van der Waals surface area contributed by atoms with E-state index >= 15 is 0 Å². The lowest BCUT2D eigenvalue weighted by atomic mass is 9.88. The van der Waals surface area contributed by atoms with E-state index in [0.717, 1.165) is 78.4 Å². The van der Waals surface area contributed by atoms with Crippen LogP contribution in [0.3, 0.4) is 0 Å². The Morgan fingerprint density at radius 1 is 0.558 bits per heavy atom. The number of pyridine rings is 1. The highest BCUT2D eigenvalue weighted by molar-refractivity contribution is 6.10. The Morgan fingerprint density at radius 3 is 2.13 bits per heavy atom. The fourth-order valence-electron chi connectivity index (χ4n) is 7.64. The van der Waals surface area contributed by atoms with Gasteiger partial charge in [0.05, 0.1) is 22.4 Å². The van der Waals surface area contributed by atoms with Gasteiger partial charge in [-0.1, -0.05) is 81.4 Å². The van der Waals surface area contributed by atoms with Gasteiger partial charge in [-0.3, -0.25) is 4.57 Å². The van der Waals surface area contributed by atoms with Crippen LogP contribution in [0.25, 0.3) is 49.6 Å². The normalized spacial score (nSPS) is 13.1. The smallest absolute Gasteiger partial charge is 0.137 e. The Hall–Kier alpha value is -6.53. The summed E-state index contributed by atoms with van der Waals surface area (Å²) in [6, 6.07) is 50.8. The van der Waals surface area contributed by atoms with E-state index in [-0.39, 0.29) is 5.41 Å². The van der Waals surface area contributed by atoms with Gasteiger partial charge in [-0.05, 0) is 77.7 Å².